The van der Waals surface area contributed by atoms with Crippen LogP contribution in [0, 0.1) is 13.8 Å². The van der Waals surface area contributed by atoms with Gasteiger partial charge in [0.05, 0.1) is 5.69 Å². The summed E-state index contributed by atoms with van der Waals surface area (Å²) in [7, 11) is 0. The summed E-state index contributed by atoms with van der Waals surface area (Å²) in [5.41, 5.74) is 2.79. The topological polar surface area (TPSA) is 66.0 Å². The third-order valence-electron chi connectivity index (χ3n) is 3.67. The first kappa shape index (κ1) is 17.1. The maximum Gasteiger partial charge on any atom is 0.387 e. The van der Waals surface area contributed by atoms with Gasteiger partial charge in [-0.3, -0.25) is 4.68 Å². The minimum Gasteiger partial charge on any atom is -0.435 e. The lowest BCUT2D eigenvalue weighted by atomic mass is 10.2. The molecule has 0 radical (unpaired) electrons. The molecule has 8 heteroatoms. The van der Waals surface area contributed by atoms with Gasteiger partial charge in [-0.25, -0.2) is 0 Å². The van der Waals surface area contributed by atoms with E-state index in [9.17, 15) is 8.78 Å². The molecule has 3 rings (SSSR count). The van der Waals surface area contributed by atoms with Crippen LogP contribution in [-0.2, 0) is 13.0 Å². The second-order valence-corrected chi connectivity index (χ2v) is 5.67. The molecule has 0 aliphatic heterocycles. The molecule has 2 heterocycles. The van der Waals surface area contributed by atoms with E-state index in [-0.39, 0.29) is 5.75 Å². The molecule has 1 aromatic carbocycles. The summed E-state index contributed by atoms with van der Waals surface area (Å²) in [5.74, 6) is 1.04. The van der Waals surface area contributed by atoms with Crippen LogP contribution < -0.4 is 4.74 Å². The Morgan fingerprint density at radius 2 is 1.96 bits per heavy atom. The highest BCUT2D eigenvalue weighted by Crippen LogP contribution is 2.21. The molecule has 0 fully saturated rings. The molecule has 0 saturated carbocycles. The zero-order valence-electron chi connectivity index (χ0n) is 13.9. The minimum absolute atomic E-state index is 0.0901. The van der Waals surface area contributed by atoms with Crippen LogP contribution in [-0.4, -0.2) is 26.5 Å². The molecule has 132 valence electrons. The van der Waals surface area contributed by atoms with Gasteiger partial charge in [-0.05, 0) is 50.6 Å². The summed E-state index contributed by atoms with van der Waals surface area (Å²) in [6.45, 7) is 1.92. The van der Waals surface area contributed by atoms with Crippen molar-refractivity contribution >= 4 is 0 Å². The van der Waals surface area contributed by atoms with Gasteiger partial charge in [-0.15, -0.1) is 0 Å². The van der Waals surface area contributed by atoms with Gasteiger partial charge in [0.15, 0.2) is 0 Å². The van der Waals surface area contributed by atoms with E-state index in [4.69, 9.17) is 4.52 Å². The van der Waals surface area contributed by atoms with E-state index in [1.165, 1.54) is 12.1 Å². The number of hydrogen-bond acceptors (Lipinski definition) is 5. The number of rotatable bonds is 7. The maximum absolute atomic E-state index is 12.1. The smallest absolute Gasteiger partial charge is 0.387 e. The fourth-order valence-corrected chi connectivity index (χ4v) is 2.54. The van der Waals surface area contributed by atoms with Crippen LogP contribution in [0.15, 0.2) is 34.9 Å². The zero-order chi connectivity index (χ0) is 17.8. The van der Waals surface area contributed by atoms with Crippen LogP contribution in [0.1, 0.15) is 23.7 Å². The van der Waals surface area contributed by atoms with Crippen molar-refractivity contribution in [2.45, 2.75) is 39.8 Å². The Balaban J connectivity index is 1.57. The molecule has 0 aliphatic rings. The van der Waals surface area contributed by atoms with E-state index < -0.39 is 6.61 Å². The van der Waals surface area contributed by atoms with Crippen molar-refractivity contribution in [3.8, 4) is 17.1 Å². The normalized spacial score (nSPS) is 11.2. The molecule has 0 amide bonds. The molecule has 25 heavy (non-hydrogen) atoms. The van der Waals surface area contributed by atoms with E-state index >= 15 is 0 Å². The molecule has 0 N–H and O–H groups in total. The molecular weight excluding hydrogens is 330 g/mol. The van der Waals surface area contributed by atoms with E-state index in [0.717, 1.165) is 24.4 Å². The van der Waals surface area contributed by atoms with E-state index in [1.54, 1.807) is 12.1 Å². The van der Waals surface area contributed by atoms with E-state index in [2.05, 4.69) is 20.0 Å². The molecule has 0 atom stereocenters. The van der Waals surface area contributed by atoms with E-state index in [0.29, 0.717) is 23.7 Å². The quantitative estimate of drug-likeness (QED) is 0.650. The van der Waals surface area contributed by atoms with Crippen LogP contribution in [0.3, 0.4) is 0 Å². The Labute approximate surface area is 143 Å². The molecule has 0 saturated heterocycles. The largest absolute Gasteiger partial charge is 0.435 e. The van der Waals surface area contributed by atoms with Crippen molar-refractivity contribution in [2.24, 2.45) is 0 Å². The standard InChI is InChI=1S/C17H18F2N4O2/c1-11-10-12(2)23(21-11)9-3-4-15-20-16(22-25-15)13-5-7-14(8-6-13)24-17(18)19/h5-8,10,17H,3-4,9H2,1-2H3. The highest BCUT2D eigenvalue weighted by Gasteiger charge is 2.10. The predicted octanol–water partition coefficient (Wildman–Crippen LogP) is 3.78. The summed E-state index contributed by atoms with van der Waals surface area (Å²) in [6.07, 6.45) is 1.46. The van der Waals surface area contributed by atoms with Gasteiger partial charge >= 0.3 is 6.61 Å². The van der Waals surface area contributed by atoms with Gasteiger partial charge < -0.3 is 9.26 Å². The number of halogens is 2. The molecule has 0 unspecified atom stereocenters. The number of ether oxygens (including phenoxy) is 1. The molecule has 6 nitrogen and oxygen atoms in total. The summed E-state index contributed by atoms with van der Waals surface area (Å²) in [4.78, 5) is 4.33. The van der Waals surface area contributed by atoms with E-state index in [1.807, 2.05) is 24.6 Å². The van der Waals surface area contributed by atoms with Crippen LogP contribution in [0.2, 0.25) is 0 Å². The van der Waals surface area contributed by atoms with Gasteiger partial charge in [0, 0.05) is 24.2 Å². The molecule has 3 aromatic rings. The average Bonchev–Trinajstić information content (AvgIpc) is 3.14. The van der Waals surface area contributed by atoms with Crippen LogP contribution in [0.5, 0.6) is 5.75 Å². The third-order valence-corrected chi connectivity index (χ3v) is 3.67. The first-order chi connectivity index (χ1) is 12.0. The van der Waals surface area contributed by atoms with Crippen molar-refractivity contribution in [3.63, 3.8) is 0 Å². The van der Waals surface area contributed by atoms with Crippen molar-refractivity contribution < 1.29 is 18.0 Å². The van der Waals surface area contributed by atoms with Crippen LogP contribution >= 0.6 is 0 Å². The molecule has 0 bridgehead atoms. The summed E-state index contributed by atoms with van der Waals surface area (Å²) in [6, 6.07) is 8.15. The van der Waals surface area contributed by atoms with Crippen molar-refractivity contribution in [1.82, 2.24) is 19.9 Å². The highest BCUT2D eigenvalue weighted by molar-refractivity contribution is 5.55. The fraction of sp³-hybridized carbons (Fsp3) is 0.353. The lowest BCUT2D eigenvalue weighted by molar-refractivity contribution is -0.0498. The molecule has 0 aliphatic carbocycles. The van der Waals surface area contributed by atoms with Gasteiger partial charge in [-0.1, -0.05) is 5.16 Å². The van der Waals surface area contributed by atoms with Crippen LogP contribution in [0.4, 0.5) is 8.78 Å². The Morgan fingerprint density at radius 1 is 1.20 bits per heavy atom. The van der Waals surface area contributed by atoms with Gasteiger partial charge in [0.2, 0.25) is 11.7 Å². The average molecular weight is 348 g/mol. The fourth-order valence-electron chi connectivity index (χ4n) is 2.54. The first-order valence-corrected chi connectivity index (χ1v) is 7.90. The number of hydrogen-bond donors (Lipinski definition) is 0. The molecule has 2 aromatic heterocycles. The van der Waals surface area contributed by atoms with Crippen molar-refractivity contribution in [2.75, 3.05) is 0 Å². The van der Waals surface area contributed by atoms with Gasteiger partial charge in [0.1, 0.15) is 5.75 Å². The zero-order valence-corrected chi connectivity index (χ0v) is 13.9. The number of benzene rings is 1. The lowest BCUT2D eigenvalue weighted by Gasteiger charge is -2.03. The van der Waals surface area contributed by atoms with Gasteiger partial charge in [-0.2, -0.15) is 18.9 Å². The second-order valence-electron chi connectivity index (χ2n) is 5.67. The van der Waals surface area contributed by atoms with Crippen molar-refractivity contribution in [3.05, 3.63) is 47.6 Å². The molecule has 0 spiro atoms. The maximum atomic E-state index is 12.1. The predicted molar refractivity (Wildman–Crippen MR) is 86.4 cm³/mol. The Morgan fingerprint density at radius 3 is 2.60 bits per heavy atom. The molecular formula is C17H18F2N4O2. The Hall–Kier alpha value is -2.77. The Kier molecular flexibility index (Phi) is 5.06. The summed E-state index contributed by atoms with van der Waals surface area (Å²) >= 11 is 0. The number of nitrogens with zero attached hydrogens (tertiary/aromatic N) is 4. The highest BCUT2D eigenvalue weighted by atomic mass is 19.3. The van der Waals surface area contributed by atoms with Crippen LogP contribution in [0.25, 0.3) is 11.4 Å². The minimum atomic E-state index is -2.84. The number of aryl methyl sites for hydroxylation is 4. The number of alkyl halides is 2. The van der Waals surface area contributed by atoms with Crippen molar-refractivity contribution in [1.29, 1.82) is 0 Å². The third kappa shape index (κ3) is 4.40. The monoisotopic (exact) mass is 348 g/mol. The summed E-state index contributed by atoms with van der Waals surface area (Å²) < 4.78 is 35.8. The Bertz CT molecular complexity index is 828. The number of aromatic nitrogens is 4. The second kappa shape index (κ2) is 7.42. The first-order valence-electron chi connectivity index (χ1n) is 7.90. The lowest BCUT2D eigenvalue weighted by Crippen LogP contribution is -2.03. The SMILES string of the molecule is Cc1cc(C)n(CCCc2nc(-c3ccc(OC(F)F)cc3)no2)n1. The van der Waals surface area contributed by atoms with Gasteiger partial charge in [0.25, 0.3) is 0 Å². The summed E-state index contributed by atoms with van der Waals surface area (Å²) in [5, 5.41) is 8.33.